The molecule has 1 heterocycles. The summed E-state index contributed by atoms with van der Waals surface area (Å²) < 4.78 is 17.9. The average molecular weight is 558 g/mol. The van der Waals surface area contributed by atoms with E-state index in [4.69, 9.17) is 25.8 Å². The zero-order chi connectivity index (χ0) is 24.9. The molecule has 1 aliphatic heterocycles. The standard InChI is InChI=1S/C25H18BrClN2O6/c1-2-33-23-12-16(5-10-22(23)34-14-15-3-7-18(26)8-4-15)11-20-25(30)35-24(28-20)17-6-9-19(27)21(13-17)29(31)32/h3-13H,2,14H2,1H3/b20-11-. The molecule has 0 fully saturated rings. The van der Waals surface area contributed by atoms with Crippen LogP contribution in [0, 0.1) is 10.1 Å². The number of esters is 1. The fourth-order valence-corrected chi connectivity index (χ4v) is 3.67. The Morgan fingerprint density at radius 2 is 1.86 bits per heavy atom. The monoisotopic (exact) mass is 556 g/mol. The number of carbonyl (C=O) groups excluding carboxylic acids is 1. The van der Waals surface area contributed by atoms with Crippen molar-refractivity contribution in [2.75, 3.05) is 6.61 Å². The summed E-state index contributed by atoms with van der Waals surface area (Å²) in [5, 5.41) is 11.1. The van der Waals surface area contributed by atoms with Gasteiger partial charge in [0, 0.05) is 16.1 Å². The van der Waals surface area contributed by atoms with Gasteiger partial charge in [0.15, 0.2) is 17.2 Å². The fourth-order valence-electron chi connectivity index (χ4n) is 3.22. The summed E-state index contributed by atoms with van der Waals surface area (Å²) in [6.07, 6.45) is 1.54. The van der Waals surface area contributed by atoms with Crippen LogP contribution in [0.5, 0.6) is 11.5 Å². The Labute approximate surface area is 214 Å². The van der Waals surface area contributed by atoms with Crippen LogP contribution in [-0.4, -0.2) is 23.4 Å². The summed E-state index contributed by atoms with van der Waals surface area (Å²) in [6.45, 7) is 2.65. The number of halogens is 2. The second-order valence-corrected chi connectivity index (χ2v) is 8.64. The maximum absolute atomic E-state index is 12.4. The smallest absolute Gasteiger partial charge is 0.363 e. The highest BCUT2D eigenvalue weighted by Crippen LogP contribution is 2.32. The van der Waals surface area contributed by atoms with Gasteiger partial charge in [0.25, 0.3) is 5.69 Å². The van der Waals surface area contributed by atoms with Crippen LogP contribution in [0.15, 0.2) is 75.8 Å². The fraction of sp³-hybridized carbons (Fsp3) is 0.120. The van der Waals surface area contributed by atoms with E-state index in [2.05, 4.69) is 20.9 Å². The van der Waals surface area contributed by atoms with E-state index in [1.165, 1.54) is 18.2 Å². The van der Waals surface area contributed by atoms with Gasteiger partial charge in [-0.05, 0) is 60.5 Å². The van der Waals surface area contributed by atoms with Gasteiger partial charge in [-0.2, -0.15) is 0 Å². The van der Waals surface area contributed by atoms with Crippen molar-refractivity contribution in [2.45, 2.75) is 13.5 Å². The molecule has 0 amide bonds. The van der Waals surface area contributed by atoms with Crippen molar-refractivity contribution in [3.05, 3.63) is 103 Å². The number of rotatable bonds is 8. The Hall–Kier alpha value is -3.69. The summed E-state index contributed by atoms with van der Waals surface area (Å²) in [6, 6.07) is 17.1. The van der Waals surface area contributed by atoms with Gasteiger partial charge in [-0.1, -0.05) is 45.7 Å². The second-order valence-electron chi connectivity index (χ2n) is 7.31. The normalized spacial score (nSPS) is 14.0. The van der Waals surface area contributed by atoms with Gasteiger partial charge in [0.1, 0.15) is 11.6 Å². The molecule has 0 saturated heterocycles. The minimum atomic E-state index is -0.675. The lowest BCUT2D eigenvalue weighted by molar-refractivity contribution is -0.384. The SMILES string of the molecule is CCOc1cc(/C=C2\N=C(c3ccc(Cl)c([N+](=O)[O-])c3)OC2=O)ccc1OCc1ccc(Br)cc1. The molecule has 178 valence electrons. The first-order valence-corrected chi connectivity index (χ1v) is 11.6. The molecule has 0 N–H and O–H groups in total. The van der Waals surface area contributed by atoms with Gasteiger partial charge in [0.2, 0.25) is 5.90 Å². The van der Waals surface area contributed by atoms with Gasteiger partial charge in [0.05, 0.1) is 11.5 Å². The summed E-state index contributed by atoms with van der Waals surface area (Å²) in [4.78, 5) is 27.1. The second kappa shape index (κ2) is 10.7. The van der Waals surface area contributed by atoms with E-state index in [1.807, 2.05) is 31.2 Å². The predicted molar refractivity (Wildman–Crippen MR) is 135 cm³/mol. The van der Waals surface area contributed by atoms with Gasteiger partial charge >= 0.3 is 5.97 Å². The molecule has 35 heavy (non-hydrogen) atoms. The maximum atomic E-state index is 12.4. The quantitative estimate of drug-likeness (QED) is 0.139. The number of nitrogens with zero attached hydrogens (tertiary/aromatic N) is 2. The van der Waals surface area contributed by atoms with Crippen molar-refractivity contribution in [3.8, 4) is 11.5 Å². The van der Waals surface area contributed by atoms with E-state index >= 15 is 0 Å². The first-order chi connectivity index (χ1) is 16.8. The van der Waals surface area contributed by atoms with Crippen LogP contribution in [-0.2, 0) is 16.1 Å². The molecular weight excluding hydrogens is 540 g/mol. The highest BCUT2D eigenvalue weighted by molar-refractivity contribution is 9.10. The number of nitro groups is 1. The molecule has 4 rings (SSSR count). The molecule has 0 aromatic heterocycles. The van der Waals surface area contributed by atoms with E-state index in [-0.39, 0.29) is 27.9 Å². The van der Waals surface area contributed by atoms with Crippen molar-refractivity contribution in [3.63, 3.8) is 0 Å². The first kappa shape index (κ1) is 24.4. The lowest BCUT2D eigenvalue weighted by Gasteiger charge is -2.13. The number of nitro benzene ring substituents is 1. The Bertz CT molecular complexity index is 1350. The minimum Gasteiger partial charge on any atom is -0.490 e. The van der Waals surface area contributed by atoms with E-state index in [0.29, 0.717) is 30.3 Å². The Kier molecular flexibility index (Phi) is 7.48. The summed E-state index contributed by atoms with van der Waals surface area (Å²) in [5.74, 6) is 0.359. The van der Waals surface area contributed by atoms with Gasteiger partial charge in [-0.3, -0.25) is 10.1 Å². The Balaban J connectivity index is 1.57. The molecule has 3 aromatic rings. The van der Waals surface area contributed by atoms with Crippen LogP contribution in [0.4, 0.5) is 5.69 Å². The maximum Gasteiger partial charge on any atom is 0.363 e. The first-order valence-electron chi connectivity index (χ1n) is 10.4. The van der Waals surface area contributed by atoms with Gasteiger partial charge < -0.3 is 14.2 Å². The summed E-state index contributed by atoms with van der Waals surface area (Å²) in [5.41, 5.74) is 1.65. The van der Waals surface area contributed by atoms with Crippen molar-refractivity contribution in [1.82, 2.24) is 0 Å². The van der Waals surface area contributed by atoms with Crippen molar-refractivity contribution >= 4 is 51.2 Å². The number of cyclic esters (lactones) is 1. The van der Waals surface area contributed by atoms with E-state index in [1.54, 1.807) is 24.3 Å². The molecule has 0 spiro atoms. The lowest BCUT2D eigenvalue weighted by Crippen LogP contribution is -2.06. The van der Waals surface area contributed by atoms with Crippen molar-refractivity contribution in [1.29, 1.82) is 0 Å². The Morgan fingerprint density at radius 3 is 2.57 bits per heavy atom. The van der Waals surface area contributed by atoms with E-state index in [0.717, 1.165) is 10.0 Å². The molecule has 8 nitrogen and oxygen atoms in total. The largest absolute Gasteiger partial charge is 0.490 e. The van der Waals surface area contributed by atoms with Crippen molar-refractivity contribution in [2.24, 2.45) is 4.99 Å². The third-order valence-corrected chi connectivity index (χ3v) is 5.74. The van der Waals surface area contributed by atoms with Crippen LogP contribution in [0.25, 0.3) is 6.08 Å². The summed E-state index contributed by atoms with van der Waals surface area (Å²) >= 11 is 9.26. The molecule has 0 saturated carbocycles. The van der Waals surface area contributed by atoms with E-state index < -0.39 is 10.9 Å². The number of ether oxygens (including phenoxy) is 3. The zero-order valence-electron chi connectivity index (χ0n) is 18.4. The molecular formula is C25H18BrClN2O6. The molecule has 3 aromatic carbocycles. The zero-order valence-corrected chi connectivity index (χ0v) is 20.7. The Morgan fingerprint density at radius 1 is 1.09 bits per heavy atom. The van der Waals surface area contributed by atoms with Crippen LogP contribution in [0.1, 0.15) is 23.6 Å². The minimum absolute atomic E-state index is 0.0228. The number of carbonyl (C=O) groups is 1. The lowest BCUT2D eigenvalue weighted by atomic mass is 10.1. The predicted octanol–water partition coefficient (Wildman–Crippen LogP) is 6.33. The van der Waals surface area contributed by atoms with Crippen LogP contribution in [0.2, 0.25) is 5.02 Å². The van der Waals surface area contributed by atoms with Crippen LogP contribution >= 0.6 is 27.5 Å². The van der Waals surface area contributed by atoms with Crippen molar-refractivity contribution < 1.29 is 23.9 Å². The molecule has 10 heteroatoms. The number of hydrogen-bond acceptors (Lipinski definition) is 7. The summed E-state index contributed by atoms with van der Waals surface area (Å²) in [7, 11) is 0. The molecule has 1 aliphatic rings. The highest BCUT2D eigenvalue weighted by Gasteiger charge is 2.26. The van der Waals surface area contributed by atoms with Crippen LogP contribution < -0.4 is 9.47 Å². The van der Waals surface area contributed by atoms with Crippen LogP contribution in [0.3, 0.4) is 0 Å². The highest BCUT2D eigenvalue weighted by atomic mass is 79.9. The third-order valence-electron chi connectivity index (χ3n) is 4.89. The molecule has 0 atom stereocenters. The number of aliphatic imine (C=N–C) groups is 1. The average Bonchev–Trinajstić information content (AvgIpc) is 3.20. The van der Waals surface area contributed by atoms with Gasteiger partial charge in [-0.25, -0.2) is 9.79 Å². The van der Waals surface area contributed by atoms with Gasteiger partial charge in [-0.15, -0.1) is 0 Å². The molecule has 0 bridgehead atoms. The number of hydrogen-bond donors (Lipinski definition) is 0. The molecule has 0 aliphatic carbocycles. The number of benzene rings is 3. The molecule has 0 unspecified atom stereocenters. The third kappa shape index (κ3) is 5.87. The molecule has 0 radical (unpaired) electrons. The topological polar surface area (TPSA) is 100 Å². The van der Waals surface area contributed by atoms with E-state index in [9.17, 15) is 14.9 Å².